The Morgan fingerprint density at radius 3 is 2.65 bits per heavy atom. The van der Waals surface area contributed by atoms with E-state index in [-0.39, 0.29) is 11.7 Å². The summed E-state index contributed by atoms with van der Waals surface area (Å²) in [7, 11) is 0. The molecular weight excluding hydrogens is 221 g/mol. The number of nitrogens with one attached hydrogen (secondary N) is 1. The van der Waals surface area contributed by atoms with Crippen molar-refractivity contribution in [1.82, 2.24) is 5.32 Å². The molecule has 1 atom stereocenters. The highest BCUT2D eigenvalue weighted by atomic mass is 19.1. The van der Waals surface area contributed by atoms with E-state index in [4.69, 9.17) is 0 Å². The molecule has 0 heterocycles. The van der Waals surface area contributed by atoms with Crippen LogP contribution in [-0.4, -0.2) is 17.6 Å². The van der Waals surface area contributed by atoms with Crippen molar-refractivity contribution in [3.05, 3.63) is 35.6 Å². The van der Waals surface area contributed by atoms with Crippen molar-refractivity contribution in [3.8, 4) is 0 Å². The normalized spacial score (nSPS) is 12.2. The standard InChI is InChI=1S/C13H18FNO2/c1-2-3-13(17)15-9-8-12(16)10-4-6-11(14)7-5-10/h4-7,12,16H,2-3,8-9H2,1H3,(H,15,17). The van der Waals surface area contributed by atoms with Gasteiger partial charge in [-0.1, -0.05) is 19.1 Å². The van der Waals surface area contributed by atoms with Crippen molar-refractivity contribution >= 4 is 5.91 Å². The highest BCUT2D eigenvalue weighted by molar-refractivity contribution is 5.75. The molecule has 1 amide bonds. The fraction of sp³-hybridized carbons (Fsp3) is 0.462. The lowest BCUT2D eigenvalue weighted by Crippen LogP contribution is -2.25. The van der Waals surface area contributed by atoms with Gasteiger partial charge in [0.15, 0.2) is 0 Å². The van der Waals surface area contributed by atoms with Crippen molar-refractivity contribution in [2.75, 3.05) is 6.54 Å². The zero-order valence-electron chi connectivity index (χ0n) is 9.95. The molecule has 1 aromatic rings. The van der Waals surface area contributed by atoms with Crippen molar-refractivity contribution < 1.29 is 14.3 Å². The molecule has 0 aliphatic carbocycles. The number of hydrogen-bond donors (Lipinski definition) is 2. The maximum absolute atomic E-state index is 12.7. The first kappa shape index (κ1) is 13.6. The molecule has 0 bridgehead atoms. The van der Waals surface area contributed by atoms with Crippen molar-refractivity contribution in [1.29, 1.82) is 0 Å². The van der Waals surface area contributed by atoms with E-state index < -0.39 is 6.10 Å². The lowest BCUT2D eigenvalue weighted by atomic mass is 10.1. The van der Waals surface area contributed by atoms with Crippen LogP contribution in [-0.2, 0) is 4.79 Å². The Kier molecular flexibility index (Phi) is 5.63. The first-order valence-corrected chi connectivity index (χ1v) is 5.83. The Bertz CT molecular complexity index is 351. The van der Waals surface area contributed by atoms with E-state index in [1.807, 2.05) is 6.92 Å². The summed E-state index contributed by atoms with van der Waals surface area (Å²) >= 11 is 0. The SMILES string of the molecule is CCCC(=O)NCCC(O)c1ccc(F)cc1. The number of hydrogen-bond acceptors (Lipinski definition) is 2. The maximum atomic E-state index is 12.7. The van der Waals surface area contributed by atoms with Crippen LogP contribution >= 0.6 is 0 Å². The monoisotopic (exact) mass is 239 g/mol. The molecule has 0 spiro atoms. The molecule has 0 aliphatic rings. The molecule has 2 N–H and O–H groups in total. The van der Waals surface area contributed by atoms with Crippen LogP contribution in [0.4, 0.5) is 4.39 Å². The van der Waals surface area contributed by atoms with Gasteiger partial charge in [-0.05, 0) is 30.5 Å². The highest BCUT2D eigenvalue weighted by Crippen LogP contribution is 2.16. The second-order valence-electron chi connectivity index (χ2n) is 3.96. The summed E-state index contributed by atoms with van der Waals surface area (Å²) in [5, 5.41) is 12.5. The fourth-order valence-electron chi connectivity index (χ4n) is 1.52. The Labute approximate surface area is 101 Å². The molecule has 94 valence electrons. The highest BCUT2D eigenvalue weighted by Gasteiger charge is 2.08. The number of amides is 1. The lowest BCUT2D eigenvalue weighted by Gasteiger charge is -2.11. The summed E-state index contributed by atoms with van der Waals surface area (Å²) in [6.07, 6.45) is 1.08. The van der Waals surface area contributed by atoms with E-state index in [0.717, 1.165) is 6.42 Å². The van der Waals surface area contributed by atoms with Crippen molar-refractivity contribution in [2.24, 2.45) is 0 Å². The number of halogens is 1. The average molecular weight is 239 g/mol. The summed E-state index contributed by atoms with van der Waals surface area (Å²) in [4.78, 5) is 11.2. The maximum Gasteiger partial charge on any atom is 0.219 e. The smallest absolute Gasteiger partial charge is 0.219 e. The van der Waals surface area contributed by atoms with E-state index in [0.29, 0.717) is 24.9 Å². The fourth-order valence-corrected chi connectivity index (χ4v) is 1.52. The van der Waals surface area contributed by atoms with Crippen LogP contribution in [0.2, 0.25) is 0 Å². The Hall–Kier alpha value is -1.42. The summed E-state index contributed by atoms with van der Waals surface area (Å²) in [5.74, 6) is -0.323. The van der Waals surface area contributed by atoms with E-state index in [9.17, 15) is 14.3 Å². The van der Waals surface area contributed by atoms with Gasteiger partial charge >= 0.3 is 0 Å². The van der Waals surface area contributed by atoms with Crippen molar-refractivity contribution in [3.63, 3.8) is 0 Å². The number of aliphatic hydroxyl groups is 1. The number of aliphatic hydroxyl groups excluding tert-OH is 1. The van der Waals surface area contributed by atoms with Gasteiger partial charge in [0.25, 0.3) is 0 Å². The summed E-state index contributed by atoms with van der Waals surface area (Å²) in [6.45, 7) is 2.37. The molecule has 0 saturated heterocycles. The van der Waals surface area contributed by atoms with E-state index in [1.54, 1.807) is 12.1 Å². The van der Waals surface area contributed by atoms with Gasteiger partial charge in [-0.2, -0.15) is 0 Å². The molecule has 4 heteroatoms. The molecule has 3 nitrogen and oxygen atoms in total. The largest absolute Gasteiger partial charge is 0.388 e. The number of benzene rings is 1. The van der Waals surface area contributed by atoms with Gasteiger partial charge < -0.3 is 10.4 Å². The minimum atomic E-state index is -0.669. The first-order chi connectivity index (χ1) is 8.13. The summed E-state index contributed by atoms with van der Waals surface area (Å²) in [5.41, 5.74) is 0.663. The second-order valence-corrected chi connectivity index (χ2v) is 3.96. The molecule has 1 rings (SSSR count). The summed E-state index contributed by atoms with van der Waals surface area (Å²) < 4.78 is 12.7. The molecule has 0 radical (unpaired) electrons. The predicted octanol–water partition coefficient (Wildman–Crippen LogP) is 2.17. The molecule has 1 aromatic carbocycles. The minimum absolute atomic E-state index is 0.00111. The summed E-state index contributed by atoms with van der Waals surface area (Å²) in [6, 6.07) is 5.73. The second kappa shape index (κ2) is 7.01. The van der Waals surface area contributed by atoms with Crippen LogP contribution in [0.25, 0.3) is 0 Å². The quantitative estimate of drug-likeness (QED) is 0.799. The van der Waals surface area contributed by atoms with Gasteiger partial charge in [-0.15, -0.1) is 0 Å². The van der Waals surface area contributed by atoms with Gasteiger partial charge in [0, 0.05) is 13.0 Å². The van der Waals surface area contributed by atoms with Crippen LogP contribution in [0.15, 0.2) is 24.3 Å². The third kappa shape index (κ3) is 4.95. The zero-order valence-corrected chi connectivity index (χ0v) is 9.95. The number of carbonyl (C=O) groups excluding carboxylic acids is 1. The topological polar surface area (TPSA) is 49.3 Å². The lowest BCUT2D eigenvalue weighted by molar-refractivity contribution is -0.121. The van der Waals surface area contributed by atoms with E-state index >= 15 is 0 Å². The van der Waals surface area contributed by atoms with Gasteiger partial charge in [-0.3, -0.25) is 4.79 Å². The van der Waals surface area contributed by atoms with Gasteiger partial charge in [0.2, 0.25) is 5.91 Å². The van der Waals surface area contributed by atoms with Crippen LogP contribution < -0.4 is 5.32 Å². The minimum Gasteiger partial charge on any atom is -0.388 e. The molecule has 0 aliphatic heterocycles. The molecule has 1 unspecified atom stereocenters. The molecule has 0 fully saturated rings. The number of rotatable bonds is 6. The number of carbonyl (C=O) groups is 1. The molecule has 17 heavy (non-hydrogen) atoms. The molecule has 0 saturated carbocycles. The van der Waals surface area contributed by atoms with Gasteiger partial charge in [0.05, 0.1) is 6.10 Å². The Morgan fingerprint density at radius 1 is 1.41 bits per heavy atom. The average Bonchev–Trinajstić information content (AvgIpc) is 2.30. The Balaban J connectivity index is 2.32. The molecule has 0 aromatic heterocycles. The molecular formula is C13H18FNO2. The van der Waals surface area contributed by atoms with Crippen molar-refractivity contribution in [2.45, 2.75) is 32.3 Å². The van der Waals surface area contributed by atoms with Gasteiger partial charge in [0.1, 0.15) is 5.82 Å². The van der Waals surface area contributed by atoms with E-state index in [2.05, 4.69) is 5.32 Å². The third-order valence-electron chi connectivity index (χ3n) is 2.47. The zero-order chi connectivity index (χ0) is 12.7. The van der Waals surface area contributed by atoms with Crippen LogP contribution in [0.5, 0.6) is 0 Å². The predicted molar refractivity (Wildman–Crippen MR) is 63.9 cm³/mol. The van der Waals surface area contributed by atoms with Gasteiger partial charge in [-0.25, -0.2) is 4.39 Å². The van der Waals surface area contributed by atoms with E-state index in [1.165, 1.54) is 12.1 Å². The van der Waals surface area contributed by atoms with Crippen LogP contribution in [0, 0.1) is 5.82 Å². The Morgan fingerprint density at radius 2 is 2.06 bits per heavy atom. The first-order valence-electron chi connectivity index (χ1n) is 5.83. The van der Waals surface area contributed by atoms with Crippen LogP contribution in [0.3, 0.4) is 0 Å². The van der Waals surface area contributed by atoms with Crippen LogP contribution in [0.1, 0.15) is 37.9 Å². The third-order valence-corrected chi connectivity index (χ3v) is 2.47.